The summed E-state index contributed by atoms with van der Waals surface area (Å²) >= 11 is 1.68. The second-order valence-corrected chi connectivity index (χ2v) is 6.20. The van der Waals surface area contributed by atoms with Crippen LogP contribution in [0, 0.1) is 0 Å². The van der Waals surface area contributed by atoms with Gasteiger partial charge in [0.1, 0.15) is 5.75 Å². The third-order valence-corrected chi connectivity index (χ3v) is 4.42. The van der Waals surface area contributed by atoms with Gasteiger partial charge in [-0.05, 0) is 37.4 Å². The van der Waals surface area contributed by atoms with Gasteiger partial charge < -0.3 is 15.4 Å². The maximum atomic E-state index is 12.0. The maximum Gasteiger partial charge on any atom is 0.260 e. The molecule has 0 spiro atoms. The number of thioether (sulfide) groups is 1. The average molecular weight is 323 g/mol. The summed E-state index contributed by atoms with van der Waals surface area (Å²) in [5.74, 6) is 0.659. The van der Waals surface area contributed by atoms with Crippen LogP contribution in [0.5, 0.6) is 5.75 Å². The normalized spacial score (nSPS) is 17.0. The van der Waals surface area contributed by atoms with Gasteiger partial charge in [-0.2, -0.15) is 0 Å². The monoisotopic (exact) mass is 323 g/mol. The van der Waals surface area contributed by atoms with E-state index in [0.29, 0.717) is 6.54 Å². The Hall–Kier alpha value is -1.24. The van der Waals surface area contributed by atoms with Gasteiger partial charge in [-0.25, -0.2) is 0 Å². The molecule has 1 aromatic carbocycles. The minimum Gasteiger partial charge on any atom is -0.481 e. The number of rotatable bonds is 7. The molecule has 2 N–H and O–H groups in total. The van der Waals surface area contributed by atoms with E-state index in [1.54, 1.807) is 18.7 Å². The van der Waals surface area contributed by atoms with Gasteiger partial charge >= 0.3 is 0 Å². The molecule has 1 aliphatic heterocycles. The maximum absolute atomic E-state index is 12.0. The fourth-order valence-electron chi connectivity index (χ4n) is 2.33. The lowest BCUT2D eigenvalue weighted by Crippen LogP contribution is -2.47. The molecule has 6 heteroatoms. The van der Waals surface area contributed by atoms with Crippen LogP contribution in [0.15, 0.2) is 29.2 Å². The lowest BCUT2D eigenvalue weighted by Gasteiger charge is -2.27. The highest BCUT2D eigenvalue weighted by Gasteiger charge is 2.15. The zero-order valence-electron chi connectivity index (χ0n) is 13.3. The van der Waals surface area contributed by atoms with Gasteiger partial charge in [0, 0.05) is 44.2 Å². The average Bonchev–Trinajstić information content (AvgIpc) is 2.56. The highest BCUT2D eigenvalue weighted by molar-refractivity contribution is 7.98. The van der Waals surface area contributed by atoms with Gasteiger partial charge in [0.15, 0.2) is 6.10 Å². The molecule has 0 aliphatic carbocycles. The number of carbonyl (C=O) groups excluding carboxylic acids is 1. The minimum atomic E-state index is -0.483. The quantitative estimate of drug-likeness (QED) is 0.739. The molecule has 1 heterocycles. The Kier molecular flexibility index (Phi) is 7.02. The lowest BCUT2D eigenvalue weighted by molar-refractivity contribution is -0.127. The number of piperazine rings is 1. The first-order chi connectivity index (χ1) is 10.7. The summed E-state index contributed by atoms with van der Waals surface area (Å²) < 4.78 is 5.67. The Labute approximate surface area is 136 Å². The van der Waals surface area contributed by atoms with Crippen molar-refractivity contribution in [2.45, 2.75) is 17.9 Å². The zero-order chi connectivity index (χ0) is 15.8. The van der Waals surface area contributed by atoms with E-state index in [0.717, 1.165) is 38.5 Å². The molecular formula is C16H25N3O2S. The number of carbonyl (C=O) groups is 1. The Morgan fingerprint density at radius 3 is 2.68 bits per heavy atom. The molecule has 1 aromatic rings. The molecule has 22 heavy (non-hydrogen) atoms. The minimum absolute atomic E-state index is 0.0657. The molecule has 1 fully saturated rings. The molecule has 1 unspecified atom stereocenters. The van der Waals surface area contributed by atoms with E-state index in [4.69, 9.17) is 4.74 Å². The molecule has 0 saturated carbocycles. The second-order valence-electron chi connectivity index (χ2n) is 5.32. The highest BCUT2D eigenvalue weighted by Crippen LogP contribution is 2.19. The standard InChI is InChI=1S/C16H25N3O2S/c1-13(21-14-3-5-15(22-2)6-4-14)16(20)18-9-12-19-10-7-17-8-11-19/h3-6,13,17H,7-12H2,1-2H3,(H,18,20). The Balaban J connectivity index is 1.69. The van der Waals surface area contributed by atoms with Gasteiger partial charge in [0.25, 0.3) is 5.91 Å². The summed E-state index contributed by atoms with van der Waals surface area (Å²) in [5.41, 5.74) is 0. The molecule has 122 valence electrons. The molecule has 0 radical (unpaired) electrons. The van der Waals surface area contributed by atoms with Crippen LogP contribution in [-0.2, 0) is 4.79 Å². The van der Waals surface area contributed by atoms with E-state index in [1.165, 1.54) is 4.90 Å². The van der Waals surface area contributed by atoms with Crippen LogP contribution in [0.4, 0.5) is 0 Å². The smallest absolute Gasteiger partial charge is 0.260 e. The van der Waals surface area contributed by atoms with Crippen molar-refractivity contribution in [3.05, 3.63) is 24.3 Å². The first kappa shape index (κ1) is 17.1. The van der Waals surface area contributed by atoms with E-state index in [9.17, 15) is 4.79 Å². The predicted octanol–water partition coefficient (Wildman–Crippen LogP) is 1.20. The summed E-state index contributed by atoms with van der Waals surface area (Å²) in [4.78, 5) is 15.6. The summed E-state index contributed by atoms with van der Waals surface area (Å²) in [6.45, 7) is 7.48. The van der Waals surface area contributed by atoms with Crippen LogP contribution >= 0.6 is 11.8 Å². The number of hydrogen-bond acceptors (Lipinski definition) is 5. The highest BCUT2D eigenvalue weighted by atomic mass is 32.2. The number of nitrogens with one attached hydrogen (secondary N) is 2. The van der Waals surface area contributed by atoms with Crippen molar-refractivity contribution in [3.8, 4) is 5.75 Å². The van der Waals surface area contributed by atoms with Crippen molar-refractivity contribution in [1.82, 2.24) is 15.5 Å². The van der Waals surface area contributed by atoms with Crippen molar-refractivity contribution in [1.29, 1.82) is 0 Å². The van der Waals surface area contributed by atoms with Crippen molar-refractivity contribution in [2.24, 2.45) is 0 Å². The molecule has 1 saturated heterocycles. The summed E-state index contributed by atoms with van der Waals surface area (Å²) in [5, 5.41) is 6.26. The fraction of sp³-hybridized carbons (Fsp3) is 0.562. The zero-order valence-corrected chi connectivity index (χ0v) is 14.1. The van der Waals surface area contributed by atoms with Gasteiger partial charge in [-0.3, -0.25) is 9.69 Å². The van der Waals surface area contributed by atoms with Crippen molar-refractivity contribution in [2.75, 3.05) is 45.5 Å². The van der Waals surface area contributed by atoms with E-state index in [2.05, 4.69) is 15.5 Å². The number of ether oxygens (including phenoxy) is 1. The van der Waals surface area contributed by atoms with Crippen molar-refractivity contribution < 1.29 is 9.53 Å². The van der Waals surface area contributed by atoms with Crippen molar-refractivity contribution in [3.63, 3.8) is 0 Å². The van der Waals surface area contributed by atoms with Gasteiger partial charge in [-0.15, -0.1) is 11.8 Å². The number of benzene rings is 1. The Bertz CT molecular complexity index is 461. The third kappa shape index (κ3) is 5.51. The topological polar surface area (TPSA) is 53.6 Å². The summed E-state index contributed by atoms with van der Waals surface area (Å²) in [6, 6.07) is 7.79. The Morgan fingerprint density at radius 2 is 2.05 bits per heavy atom. The lowest BCUT2D eigenvalue weighted by atomic mass is 10.3. The first-order valence-electron chi connectivity index (χ1n) is 7.70. The second kappa shape index (κ2) is 9.02. The Morgan fingerprint density at radius 1 is 1.36 bits per heavy atom. The molecule has 1 atom stereocenters. The van der Waals surface area contributed by atoms with Crippen LogP contribution in [0.2, 0.25) is 0 Å². The van der Waals surface area contributed by atoms with E-state index in [1.807, 2.05) is 30.5 Å². The number of amides is 1. The van der Waals surface area contributed by atoms with E-state index >= 15 is 0 Å². The van der Waals surface area contributed by atoms with E-state index in [-0.39, 0.29) is 5.91 Å². The van der Waals surface area contributed by atoms with Gasteiger partial charge in [-0.1, -0.05) is 0 Å². The first-order valence-corrected chi connectivity index (χ1v) is 8.93. The fourth-order valence-corrected chi connectivity index (χ4v) is 2.74. The van der Waals surface area contributed by atoms with E-state index < -0.39 is 6.10 Å². The molecule has 0 aromatic heterocycles. The van der Waals surface area contributed by atoms with Crippen LogP contribution in [0.25, 0.3) is 0 Å². The van der Waals surface area contributed by atoms with Crippen LogP contribution in [0.1, 0.15) is 6.92 Å². The third-order valence-electron chi connectivity index (χ3n) is 3.68. The van der Waals surface area contributed by atoms with Crippen LogP contribution in [0.3, 0.4) is 0 Å². The molecule has 2 rings (SSSR count). The van der Waals surface area contributed by atoms with Gasteiger partial charge in [0.05, 0.1) is 0 Å². The molecule has 5 nitrogen and oxygen atoms in total. The van der Waals surface area contributed by atoms with Crippen LogP contribution < -0.4 is 15.4 Å². The predicted molar refractivity (Wildman–Crippen MR) is 90.6 cm³/mol. The van der Waals surface area contributed by atoms with Crippen molar-refractivity contribution >= 4 is 17.7 Å². The molecule has 1 aliphatic rings. The molecular weight excluding hydrogens is 298 g/mol. The largest absolute Gasteiger partial charge is 0.481 e. The molecule has 0 bridgehead atoms. The number of hydrogen-bond donors (Lipinski definition) is 2. The molecule has 1 amide bonds. The summed E-state index contributed by atoms with van der Waals surface area (Å²) in [7, 11) is 0. The van der Waals surface area contributed by atoms with Crippen LogP contribution in [-0.4, -0.2) is 62.4 Å². The number of nitrogens with zero attached hydrogens (tertiary/aromatic N) is 1. The summed E-state index contributed by atoms with van der Waals surface area (Å²) in [6.07, 6.45) is 1.55. The van der Waals surface area contributed by atoms with Gasteiger partial charge in [0.2, 0.25) is 0 Å². The SMILES string of the molecule is CSc1ccc(OC(C)C(=O)NCCN2CCNCC2)cc1.